The summed E-state index contributed by atoms with van der Waals surface area (Å²) >= 11 is 6.71. The van der Waals surface area contributed by atoms with E-state index >= 15 is 0 Å². The number of benzene rings is 3. The first kappa shape index (κ1) is 24.6. The Balaban J connectivity index is 1.90. The summed E-state index contributed by atoms with van der Waals surface area (Å²) in [5, 5.41) is 0.754. The lowest BCUT2D eigenvalue weighted by Crippen LogP contribution is -2.13. The summed E-state index contributed by atoms with van der Waals surface area (Å²) in [7, 11) is -2.28. The quantitative estimate of drug-likeness (QED) is 0.312. The van der Waals surface area contributed by atoms with Crippen LogP contribution in [0.2, 0.25) is 5.02 Å². The molecule has 0 aliphatic carbocycles. The number of sulfonamides is 1. The molecule has 0 saturated heterocycles. The van der Waals surface area contributed by atoms with Gasteiger partial charge in [0.25, 0.3) is 10.0 Å². The van der Waals surface area contributed by atoms with Crippen molar-refractivity contribution in [2.24, 2.45) is 0 Å². The average molecular weight is 513 g/mol. The normalized spacial score (nSPS) is 11.5. The van der Waals surface area contributed by atoms with E-state index in [0.717, 1.165) is 11.3 Å². The topological polar surface area (TPSA) is 86.6 Å². The Kier molecular flexibility index (Phi) is 6.78. The average Bonchev–Trinajstić information content (AvgIpc) is 3.11. The van der Waals surface area contributed by atoms with E-state index in [9.17, 15) is 13.2 Å². The molecule has 1 heterocycles. The summed E-state index contributed by atoms with van der Waals surface area (Å²) < 4.78 is 40.9. The number of nitrogens with zero attached hydrogens (tertiary/aromatic N) is 1. The zero-order valence-electron chi connectivity index (χ0n) is 19.8. The molecule has 0 radical (unpaired) electrons. The maximum Gasteiger partial charge on any atom is 0.340 e. The minimum absolute atomic E-state index is 0.122. The minimum atomic E-state index is -3.87. The summed E-state index contributed by atoms with van der Waals surface area (Å²) in [6, 6.07) is 17.0. The van der Waals surface area contributed by atoms with Crippen molar-refractivity contribution in [1.82, 2.24) is 4.57 Å². The number of anilines is 1. The fourth-order valence-electron chi connectivity index (χ4n) is 4.00. The number of hydrogen-bond acceptors (Lipinski definition) is 5. The van der Waals surface area contributed by atoms with Gasteiger partial charge in [-0.25, -0.2) is 13.2 Å². The van der Waals surface area contributed by atoms with Crippen molar-refractivity contribution in [3.05, 3.63) is 82.5 Å². The monoisotopic (exact) mass is 512 g/mol. The van der Waals surface area contributed by atoms with Gasteiger partial charge in [0.15, 0.2) is 0 Å². The Labute approximate surface area is 209 Å². The van der Waals surface area contributed by atoms with Gasteiger partial charge in [-0.3, -0.25) is 4.72 Å². The maximum absolute atomic E-state index is 13.0. The third-order valence-corrected chi connectivity index (χ3v) is 7.33. The lowest BCUT2D eigenvalue weighted by molar-refractivity contribution is 0.0527. The molecule has 0 bridgehead atoms. The second-order valence-electron chi connectivity index (χ2n) is 7.99. The van der Waals surface area contributed by atoms with Gasteiger partial charge in [0.2, 0.25) is 0 Å². The fourth-order valence-corrected chi connectivity index (χ4v) is 5.34. The Bertz CT molecular complexity index is 1510. The number of fused-ring (bicyclic) bond motifs is 1. The third-order valence-electron chi connectivity index (χ3n) is 5.65. The number of carbonyl (C=O) groups excluding carboxylic acids is 1. The number of esters is 1. The van der Waals surface area contributed by atoms with Crippen LogP contribution in [0.1, 0.15) is 28.5 Å². The second kappa shape index (κ2) is 9.64. The van der Waals surface area contributed by atoms with E-state index in [1.54, 1.807) is 39.2 Å². The number of aryl methyl sites for hydroxylation is 1. The molecule has 0 saturated carbocycles. The van der Waals surface area contributed by atoms with Crippen LogP contribution in [0.3, 0.4) is 0 Å². The molecule has 9 heteroatoms. The molecule has 3 aromatic carbocycles. The number of hydrogen-bond donors (Lipinski definition) is 1. The molecule has 4 aromatic rings. The third kappa shape index (κ3) is 4.72. The molecule has 0 aliphatic heterocycles. The van der Waals surface area contributed by atoms with Crippen LogP contribution in [0.5, 0.6) is 5.75 Å². The number of halogens is 1. The van der Waals surface area contributed by atoms with Crippen LogP contribution in [0.15, 0.2) is 65.6 Å². The molecule has 0 unspecified atom stereocenters. The SMILES string of the molecule is CCOC(=O)c1c(C)n(-c2ccc(OC)cc2)c2c(Cl)cc(NS(=O)(=O)c3ccc(C)cc3)cc12. The number of nitrogens with one attached hydrogen (secondary N) is 1. The van der Waals surface area contributed by atoms with E-state index in [1.165, 1.54) is 18.2 Å². The van der Waals surface area contributed by atoms with Gasteiger partial charge in [-0.15, -0.1) is 0 Å². The molecule has 7 nitrogen and oxygen atoms in total. The lowest BCUT2D eigenvalue weighted by atomic mass is 10.1. The van der Waals surface area contributed by atoms with Gasteiger partial charge < -0.3 is 14.0 Å². The number of methoxy groups -OCH3 is 1. The van der Waals surface area contributed by atoms with Crippen molar-refractivity contribution >= 4 is 44.2 Å². The van der Waals surface area contributed by atoms with Crippen LogP contribution in [-0.2, 0) is 14.8 Å². The van der Waals surface area contributed by atoms with Crippen molar-refractivity contribution in [1.29, 1.82) is 0 Å². The zero-order chi connectivity index (χ0) is 25.3. The van der Waals surface area contributed by atoms with Crippen molar-refractivity contribution in [3.63, 3.8) is 0 Å². The first-order valence-corrected chi connectivity index (χ1v) is 12.8. The van der Waals surface area contributed by atoms with Gasteiger partial charge in [-0.2, -0.15) is 0 Å². The van der Waals surface area contributed by atoms with Gasteiger partial charge in [0.1, 0.15) is 5.75 Å². The number of aromatic nitrogens is 1. The first-order valence-electron chi connectivity index (χ1n) is 10.9. The smallest absolute Gasteiger partial charge is 0.340 e. The highest BCUT2D eigenvalue weighted by Crippen LogP contribution is 2.37. The van der Waals surface area contributed by atoms with E-state index in [0.29, 0.717) is 27.9 Å². The first-order chi connectivity index (χ1) is 16.7. The predicted octanol–water partition coefficient (Wildman–Crippen LogP) is 5.89. The summed E-state index contributed by atoms with van der Waals surface area (Å²) in [5.41, 5.74) is 3.44. The zero-order valence-corrected chi connectivity index (χ0v) is 21.3. The Morgan fingerprint density at radius 1 is 1.03 bits per heavy atom. The predicted molar refractivity (Wildman–Crippen MR) is 138 cm³/mol. The standard InChI is InChI=1S/C26H25ClN2O5S/c1-5-34-26(30)24-17(3)29(19-8-10-20(33-4)11-9-19)25-22(24)14-18(15-23(25)27)28-35(31,32)21-12-6-16(2)7-13-21/h6-15,28H,5H2,1-4H3. The van der Waals surface area contributed by atoms with Crippen LogP contribution in [-0.4, -0.2) is 32.7 Å². The van der Waals surface area contributed by atoms with Crippen molar-refractivity contribution in [2.45, 2.75) is 25.7 Å². The minimum Gasteiger partial charge on any atom is -0.497 e. The molecule has 4 rings (SSSR count). The van der Waals surface area contributed by atoms with Gasteiger partial charge in [-0.1, -0.05) is 29.3 Å². The Morgan fingerprint density at radius 2 is 1.69 bits per heavy atom. The Hall–Kier alpha value is -3.49. The summed E-state index contributed by atoms with van der Waals surface area (Å²) in [5.74, 6) is 0.171. The van der Waals surface area contributed by atoms with Crippen LogP contribution in [0, 0.1) is 13.8 Å². The van der Waals surface area contributed by atoms with E-state index in [1.807, 2.05) is 35.8 Å². The summed E-state index contributed by atoms with van der Waals surface area (Å²) in [4.78, 5) is 13.1. The van der Waals surface area contributed by atoms with Crippen molar-refractivity contribution < 1.29 is 22.7 Å². The molecule has 1 aromatic heterocycles. The molecular weight excluding hydrogens is 488 g/mol. The van der Waals surface area contributed by atoms with E-state index in [-0.39, 0.29) is 22.2 Å². The molecule has 0 aliphatic rings. The highest BCUT2D eigenvalue weighted by molar-refractivity contribution is 7.92. The second-order valence-corrected chi connectivity index (χ2v) is 10.1. The number of rotatable bonds is 7. The van der Waals surface area contributed by atoms with Gasteiger partial charge in [0, 0.05) is 16.8 Å². The van der Waals surface area contributed by atoms with Crippen LogP contribution < -0.4 is 9.46 Å². The molecule has 0 atom stereocenters. The summed E-state index contributed by atoms with van der Waals surface area (Å²) in [6.45, 7) is 5.60. The molecular formula is C26H25ClN2O5S. The van der Waals surface area contributed by atoms with Gasteiger partial charge in [0.05, 0.1) is 40.4 Å². The fraction of sp³-hybridized carbons (Fsp3) is 0.192. The molecule has 0 amide bonds. The highest BCUT2D eigenvalue weighted by atomic mass is 35.5. The molecule has 182 valence electrons. The van der Waals surface area contributed by atoms with Gasteiger partial charge in [-0.05, 0) is 69.3 Å². The van der Waals surface area contributed by atoms with E-state index in [2.05, 4.69) is 4.72 Å². The van der Waals surface area contributed by atoms with Gasteiger partial charge >= 0.3 is 5.97 Å². The Morgan fingerprint density at radius 3 is 2.29 bits per heavy atom. The maximum atomic E-state index is 13.0. The summed E-state index contributed by atoms with van der Waals surface area (Å²) in [6.07, 6.45) is 0. The number of ether oxygens (including phenoxy) is 2. The number of carbonyl (C=O) groups is 1. The van der Waals surface area contributed by atoms with Crippen LogP contribution in [0.25, 0.3) is 16.6 Å². The van der Waals surface area contributed by atoms with Crippen molar-refractivity contribution in [3.8, 4) is 11.4 Å². The van der Waals surface area contributed by atoms with E-state index in [4.69, 9.17) is 21.1 Å². The molecule has 1 N–H and O–H groups in total. The lowest BCUT2D eigenvalue weighted by Gasteiger charge is -2.12. The molecule has 0 fully saturated rings. The molecule has 0 spiro atoms. The molecule has 35 heavy (non-hydrogen) atoms. The van der Waals surface area contributed by atoms with E-state index < -0.39 is 16.0 Å². The van der Waals surface area contributed by atoms with Crippen LogP contribution >= 0.6 is 11.6 Å². The highest BCUT2D eigenvalue weighted by Gasteiger charge is 2.25. The van der Waals surface area contributed by atoms with Crippen LogP contribution in [0.4, 0.5) is 5.69 Å². The van der Waals surface area contributed by atoms with Crippen molar-refractivity contribution in [2.75, 3.05) is 18.4 Å². The largest absolute Gasteiger partial charge is 0.497 e.